The molecule has 1 saturated heterocycles. The molecule has 2 atom stereocenters. The molecule has 11 heavy (non-hydrogen) atoms. The normalized spacial score (nSPS) is 38.0. The van der Waals surface area contributed by atoms with Crippen molar-refractivity contribution < 1.29 is 4.52 Å². The molecule has 3 heteroatoms. The molecule has 1 nitrogen and oxygen atoms in total. The van der Waals surface area contributed by atoms with Gasteiger partial charge in [-0.1, -0.05) is 11.8 Å². The lowest BCUT2D eigenvalue weighted by molar-refractivity contribution is 0.441. The summed E-state index contributed by atoms with van der Waals surface area (Å²) in [5.74, 6) is 3.16. The van der Waals surface area contributed by atoms with Gasteiger partial charge >= 0.3 is 0 Å². The van der Waals surface area contributed by atoms with Crippen LogP contribution in [0.5, 0.6) is 0 Å². The Hall–Kier alpha value is 0.170. The van der Waals surface area contributed by atoms with Gasteiger partial charge in [0.05, 0.1) is 6.26 Å². The van der Waals surface area contributed by atoms with Gasteiger partial charge in [-0.25, -0.2) is 0 Å². The molecule has 0 amide bonds. The van der Waals surface area contributed by atoms with Crippen LogP contribution >= 0.6 is 6.26 Å². The van der Waals surface area contributed by atoms with Crippen molar-refractivity contribution in [2.24, 2.45) is 5.92 Å². The molecule has 1 rings (SSSR count). The van der Waals surface area contributed by atoms with Crippen LogP contribution in [0.25, 0.3) is 0 Å². The van der Waals surface area contributed by atoms with Crippen LogP contribution in [0.1, 0.15) is 12.8 Å². The van der Waals surface area contributed by atoms with E-state index in [0.717, 1.165) is 25.2 Å². The van der Waals surface area contributed by atoms with E-state index in [2.05, 4.69) is 5.92 Å². The lowest BCUT2D eigenvalue weighted by Crippen LogP contribution is -2.14. The molecule has 0 aromatic rings. The highest BCUT2D eigenvalue weighted by molar-refractivity contribution is 8.12. The minimum absolute atomic E-state index is 0.384. The van der Waals surface area contributed by atoms with Crippen LogP contribution in [0.2, 0.25) is 0 Å². The van der Waals surface area contributed by atoms with Crippen LogP contribution in [-0.2, 0) is 16.3 Å². The molecule has 0 aromatic carbocycles. The molecule has 0 spiro atoms. The highest BCUT2D eigenvalue weighted by Crippen LogP contribution is 2.52. The van der Waals surface area contributed by atoms with Gasteiger partial charge < -0.3 is 4.52 Å². The Morgan fingerprint density at radius 1 is 1.73 bits per heavy atom. The number of hydrogen-bond acceptors (Lipinski definition) is 2. The summed E-state index contributed by atoms with van der Waals surface area (Å²) in [7, 11) is 1.72. The summed E-state index contributed by atoms with van der Waals surface area (Å²) in [6.45, 7) is 0. The summed E-state index contributed by atoms with van der Waals surface area (Å²) < 4.78 is 5.34. The highest BCUT2D eigenvalue weighted by Gasteiger charge is 2.25. The largest absolute Gasteiger partial charge is 0.354 e. The van der Waals surface area contributed by atoms with E-state index >= 15 is 0 Å². The van der Waals surface area contributed by atoms with Crippen molar-refractivity contribution in [2.45, 2.75) is 12.8 Å². The molecular weight excluding hydrogens is 175 g/mol. The van der Waals surface area contributed by atoms with Crippen LogP contribution in [-0.4, -0.2) is 19.4 Å². The first kappa shape index (κ1) is 9.26. The second kappa shape index (κ2) is 3.72. The quantitative estimate of drug-likeness (QED) is 0.460. The summed E-state index contributed by atoms with van der Waals surface area (Å²) >= 11 is 5.39. The second-order valence-corrected chi connectivity index (χ2v) is 7.71. The standard InChI is InChI=1S/C8H13OPS/c1-3-8-5-4-6-10(11,7-8)9-2/h1,8H,4-7H2,2H3. The fraction of sp³-hybridized carbons (Fsp3) is 0.750. The van der Waals surface area contributed by atoms with Crippen molar-refractivity contribution in [3.05, 3.63) is 0 Å². The smallest absolute Gasteiger partial charge is 0.0682 e. The minimum Gasteiger partial charge on any atom is -0.354 e. The fourth-order valence-corrected chi connectivity index (χ4v) is 4.46. The fourth-order valence-electron chi connectivity index (χ4n) is 1.40. The van der Waals surface area contributed by atoms with E-state index in [-0.39, 0.29) is 0 Å². The zero-order chi connectivity index (χ0) is 8.32. The number of hydrogen-bond donors (Lipinski definition) is 0. The maximum Gasteiger partial charge on any atom is 0.0682 e. The van der Waals surface area contributed by atoms with E-state index in [1.54, 1.807) is 7.11 Å². The molecule has 1 fully saturated rings. The number of terminal acetylenes is 1. The van der Waals surface area contributed by atoms with Crippen molar-refractivity contribution in [1.29, 1.82) is 0 Å². The molecule has 0 aromatic heterocycles. The van der Waals surface area contributed by atoms with E-state index in [9.17, 15) is 0 Å². The number of rotatable bonds is 1. The summed E-state index contributed by atoms with van der Waals surface area (Å²) in [5.41, 5.74) is 0. The van der Waals surface area contributed by atoms with E-state index in [1.807, 2.05) is 0 Å². The van der Waals surface area contributed by atoms with Gasteiger partial charge in [0.25, 0.3) is 0 Å². The molecule has 1 aliphatic rings. The van der Waals surface area contributed by atoms with Gasteiger partial charge in [0, 0.05) is 19.2 Å². The topological polar surface area (TPSA) is 9.23 Å². The first-order valence-corrected chi connectivity index (χ1v) is 6.89. The van der Waals surface area contributed by atoms with Gasteiger partial charge in [0.15, 0.2) is 0 Å². The van der Waals surface area contributed by atoms with Crippen LogP contribution in [0.4, 0.5) is 0 Å². The first-order chi connectivity index (χ1) is 5.20. The molecule has 2 unspecified atom stereocenters. The molecular formula is C8H13OPS. The van der Waals surface area contributed by atoms with Crippen molar-refractivity contribution in [2.75, 3.05) is 19.4 Å². The van der Waals surface area contributed by atoms with Crippen LogP contribution < -0.4 is 0 Å². The van der Waals surface area contributed by atoms with Gasteiger partial charge in [-0.15, -0.1) is 12.3 Å². The summed E-state index contributed by atoms with van der Waals surface area (Å²) in [6, 6.07) is 0. The Balaban J connectivity index is 2.61. The minimum atomic E-state index is -1.48. The Bertz CT molecular complexity index is 219. The molecule has 0 N–H and O–H groups in total. The van der Waals surface area contributed by atoms with Crippen molar-refractivity contribution in [3.8, 4) is 12.3 Å². The zero-order valence-electron chi connectivity index (χ0n) is 6.75. The van der Waals surface area contributed by atoms with Crippen molar-refractivity contribution >= 4 is 18.1 Å². The first-order valence-electron chi connectivity index (χ1n) is 3.80. The van der Waals surface area contributed by atoms with Gasteiger partial charge in [-0.3, -0.25) is 0 Å². The van der Waals surface area contributed by atoms with Crippen molar-refractivity contribution in [3.63, 3.8) is 0 Å². The third-order valence-corrected chi connectivity index (χ3v) is 6.22. The van der Waals surface area contributed by atoms with Gasteiger partial charge in [0.1, 0.15) is 0 Å². The Morgan fingerprint density at radius 2 is 2.45 bits per heavy atom. The third-order valence-electron chi connectivity index (χ3n) is 2.12. The van der Waals surface area contributed by atoms with Crippen LogP contribution in [0.15, 0.2) is 0 Å². The van der Waals surface area contributed by atoms with Crippen LogP contribution in [0, 0.1) is 18.3 Å². The maximum absolute atomic E-state index is 5.39. The van der Waals surface area contributed by atoms with Crippen molar-refractivity contribution in [1.82, 2.24) is 0 Å². The van der Waals surface area contributed by atoms with Crippen LogP contribution in [0.3, 0.4) is 0 Å². The van der Waals surface area contributed by atoms with Gasteiger partial charge in [-0.05, 0) is 19.0 Å². The average Bonchev–Trinajstić information content (AvgIpc) is 2.05. The van der Waals surface area contributed by atoms with Gasteiger partial charge in [0.2, 0.25) is 0 Å². The molecule has 1 heterocycles. The SMILES string of the molecule is C#CC1CCCP(=S)(OC)C1. The Morgan fingerprint density at radius 3 is 3.00 bits per heavy atom. The monoisotopic (exact) mass is 188 g/mol. The van der Waals surface area contributed by atoms with E-state index < -0.39 is 6.26 Å². The molecule has 1 aliphatic heterocycles. The predicted molar refractivity (Wildman–Crippen MR) is 52.6 cm³/mol. The average molecular weight is 188 g/mol. The lowest BCUT2D eigenvalue weighted by Gasteiger charge is -2.28. The zero-order valence-corrected chi connectivity index (χ0v) is 8.46. The third kappa shape index (κ3) is 2.30. The molecule has 0 bridgehead atoms. The maximum atomic E-state index is 5.39. The van der Waals surface area contributed by atoms with E-state index in [1.165, 1.54) is 0 Å². The molecule has 0 aliphatic carbocycles. The second-order valence-electron chi connectivity index (χ2n) is 2.91. The highest BCUT2D eigenvalue weighted by atomic mass is 32.4. The lowest BCUT2D eigenvalue weighted by atomic mass is 10.1. The molecule has 0 saturated carbocycles. The summed E-state index contributed by atoms with van der Waals surface area (Å²) in [6.07, 6.45) is 8.19. The van der Waals surface area contributed by atoms with Gasteiger partial charge in [-0.2, -0.15) is 0 Å². The molecule has 0 radical (unpaired) electrons. The molecule has 62 valence electrons. The Kier molecular flexibility index (Phi) is 3.13. The van der Waals surface area contributed by atoms with E-state index in [4.69, 9.17) is 22.8 Å². The summed E-state index contributed by atoms with van der Waals surface area (Å²) in [4.78, 5) is 0. The summed E-state index contributed by atoms with van der Waals surface area (Å²) in [5, 5.41) is 0. The van der Waals surface area contributed by atoms with E-state index in [0.29, 0.717) is 5.92 Å². The Labute approximate surface area is 73.6 Å². The predicted octanol–water partition coefficient (Wildman–Crippen LogP) is 2.07.